The molecule has 2 heterocycles. The SMILES string of the molecule is CN(C)CCc1c(ON2C(=O)C(CC(=O)O)Nc3ncncc32)cccc1C(=O)N(C)C. The molecule has 32 heavy (non-hydrogen) atoms. The van der Waals surface area contributed by atoms with Gasteiger partial charge in [0.25, 0.3) is 11.8 Å². The lowest BCUT2D eigenvalue weighted by atomic mass is 10.0. The van der Waals surface area contributed by atoms with Crippen LogP contribution in [-0.2, 0) is 16.0 Å². The van der Waals surface area contributed by atoms with E-state index in [1.54, 1.807) is 32.3 Å². The van der Waals surface area contributed by atoms with Gasteiger partial charge in [-0.15, -0.1) is 5.06 Å². The molecule has 1 atom stereocenters. The van der Waals surface area contributed by atoms with Crippen LogP contribution < -0.4 is 15.2 Å². The third-order valence-electron chi connectivity index (χ3n) is 4.87. The van der Waals surface area contributed by atoms with Gasteiger partial charge in [-0.2, -0.15) is 0 Å². The Kier molecular flexibility index (Phi) is 6.89. The maximum Gasteiger partial charge on any atom is 0.305 e. The molecular formula is C21H26N6O5. The number of rotatable bonds is 8. The number of likely N-dealkylation sites (N-methyl/N-ethyl adjacent to an activating group) is 1. The molecule has 170 valence electrons. The molecule has 1 aliphatic rings. The molecule has 0 saturated carbocycles. The van der Waals surface area contributed by atoms with Gasteiger partial charge in [-0.05, 0) is 32.6 Å². The first-order valence-corrected chi connectivity index (χ1v) is 9.97. The molecule has 0 fully saturated rings. The van der Waals surface area contributed by atoms with Gasteiger partial charge in [-0.25, -0.2) is 9.97 Å². The third kappa shape index (κ3) is 4.94. The minimum absolute atomic E-state index is 0.191. The van der Waals surface area contributed by atoms with Crippen molar-refractivity contribution < 1.29 is 24.3 Å². The van der Waals surface area contributed by atoms with Gasteiger partial charge in [0.15, 0.2) is 11.6 Å². The molecule has 2 amide bonds. The zero-order valence-corrected chi connectivity index (χ0v) is 18.4. The van der Waals surface area contributed by atoms with Crippen LogP contribution in [0.5, 0.6) is 5.75 Å². The second-order valence-corrected chi connectivity index (χ2v) is 7.81. The summed E-state index contributed by atoms with van der Waals surface area (Å²) in [5.74, 6) is -1.33. The van der Waals surface area contributed by atoms with Gasteiger partial charge < -0.3 is 25.1 Å². The van der Waals surface area contributed by atoms with Crippen molar-refractivity contribution in [3.05, 3.63) is 41.9 Å². The fraction of sp³-hybridized carbons (Fsp3) is 0.381. The molecule has 1 aromatic heterocycles. The molecular weight excluding hydrogens is 416 g/mol. The number of amides is 2. The van der Waals surface area contributed by atoms with E-state index in [0.717, 1.165) is 5.06 Å². The van der Waals surface area contributed by atoms with Crippen molar-refractivity contribution in [3.63, 3.8) is 0 Å². The van der Waals surface area contributed by atoms with Crippen LogP contribution in [0.4, 0.5) is 11.5 Å². The molecule has 2 aromatic rings. The highest BCUT2D eigenvalue weighted by molar-refractivity contribution is 6.04. The van der Waals surface area contributed by atoms with Crippen LogP contribution in [-0.4, -0.2) is 83.4 Å². The molecule has 11 heteroatoms. The van der Waals surface area contributed by atoms with E-state index >= 15 is 0 Å². The molecule has 0 radical (unpaired) electrons. The lowest BCUT2D eigenvalue weighted by Gasteiger charge is -2.33. The number of aliphatic carboxylic acids is 1. The van der Waals surface area contributed by atoms with Crippen molar-refractivity contribution >= 4 is 29.3 Å². The summed E-state index contributed by atoms with van der Waals surface area (Å²) in [6.45, 7) is 0.644. The van der Waals surface area contributed by atoms with Gasteiger partial charge in [-0.1, -0.05) is 6.07 Å². The molecule has 0 bridgehead atoms. The zero-order valence-electron chi connectivity index (χ0n) is 18.4. The Bertz CT molecular complexity index is 1030. The Labute approximate surface area is 185 Å². The smallest absolute Gasteiger partial charge is 0.305 e. The summed E-state index contributed by atoms with van der Waals surface area (Å²) in [7, 11) is 7.16. The van der Waals surface area contributed by atoms with Gasteiger partial charge >= 0.3 is 5.97 Å². The highest BCUT2D eigenvalue weighted by Gasteiger charge is 2.37. The molecule has 0 spiro atoms. The first-order chi connectivity index (χ1) is 15.2. The highest BCUT2D eigenvalue weighted by Crippen LogP contribution is 2.33. The van der Waals surface area contributed by atoms with Crippen LogP contribution in [0.15, 0.2) is 30.7 Å². The third-order valence-corrected chi connectivity index (χ3v) is 4.87. The number of carbonyl (C=O) groups is 3. The number of aromatic nitrogens is 2. The lowest BCUT2D eigenvalue weighted by molar-refractivity contribution is -0.139. The Hall–Kier alpha value is -3.73. The van der Waals surface area contributed by atoms with Gasteiger partial charge in [0, 0.05) is 31.8 Å². The Morgan fingerprint density at radius 1 is 1.25 bits per heavy atom. The summed E-state index contributed by atoms with van der Waals surface area (Å²) in [5.41, 5.74) is 1.35. The fourth-order valence-corrected chi connectivity index (χ4v) is 3.26. The van der Waals surface area contributed by atoms with E-state index in [1.807, 2.05) is 19.0 Å². The molecule has 3 rings (SSSR count). The summed E-state index contributed by atoms with van der Waals surface area (Å²) in [5, 5.41) is 13.0. The number of anilines is 2. The fourth-order valence-electron chi connectivity index (χ4n) is 3.26. The van der Waals surface area contributed by atoms with E-state index in [0.29, 0.717) is 29.8 Å². The number of benzene rings is 1. The van der Waals surface area contributed by atoms with E-state index < -0.39 is 24.3 Å². The van der Waals surface area contributed by atoms with Crippen LogP contribution in [0.2, 0.25) is 0 Å². The Balaban J connectivity index is 2.04. The maximum absolute atomic E-state index is 13.1. The van der Waals surface area contributed by atoms with Gasteiger partial charge in [0.1, 0.15) is 18.1 Å². The lowest BCUT2D eigenvalue weighted by Crippen LogP contribution is -2.50. The average molecular weight is 442 g/mol. The van der Waals surface area contributed by atoms with Crippen LogP contribution in [0.25, 0.3) is 0 Å². The first kappa shape index (κ1) is 22.9. The molecule has 2 N–H and O–H groups in total. The number of carboxylic acid groups (broad SMARTS) is 1. The maximum atomic E-state index is 13.1. The van der Waals surface area contributed by atoms with Gasteiger partial charge in [-0.3, -0.25) is 14.4 Å². The predicted octanol–water partition coefficient (Wildman–Crippen LogP) is 0.878. The highest BCUT2D eigenvalue weighted by atomic mass is 16.7. The molecule has 1 unspecified atom stereocenters. The quantitative estimate of drug-likeness (QED) is 0.612. The number of hydrogen-bond donors (Lipinski definition) is 2. The molecule has 1 aromatic carbocycles. The number of nitrogens with zero attached hydrogens (tertiary/aromatic N) is 5. The van der Waals surface area contributed by atoms with Gasteiger partial charge in [0.05, 0.1) is 12.6 Å². The monoisotopic (exact) mass is 442 g/mol. The molecule has 1 aliphatic heterocycles. The van der Waals surface area contributed by atoms with Crippen molar-refractivity contribution in [1.82, 2.24) is 19.8 Å². The largest absolute Gasteiger partial charge is 0.481 e. The van der Waals surface area contributed by atoms with Crippen LogP contribution in [0.1, 0.15) is 22.3 Å². The number of hydrogen-bond acceptors (Lipinski definition) is 8. The van der Waals surface area contributed by atoms with Crippen LogP contribution in [0, 0.1) is 0 Å². The number of carboxylic acids is 1. The second-order valence-electron chi connectivity index (χ2n) is 7.81. The summed E-state index contributed by atoms with van der Waals surface area (Å²) in [6, 6.07) is 3.99. The van der Waals surface area contributed by atoms with Crippen LogP contribution >= 0.6 is 0 Å². The summed E-state index contributed by atoms with van der Waals surface area (Å²) >= 11 is 0. The van der Waals surface area contributed by atoms with Crippen molar-refractivity contribution in [3.8, 4) is 5.75 Å². The normalized spacial score (nSPS) is 15.2. The number of nitrogens with one attached hydrogen (secondary N) is 1. The number of hydroxylamine groups is 1. The number of fused-ring (bicyclic) bond motifs is 1. The first-order valence-electron chi connectivity index (χ1n) is 9.97. The second kappa shape index (κ2) is 9.60. The van der Waals surface area contributed by atoms with Crippen molar-refractivity contribution in [2.24, 2.45) is 0 Å². The Morgan fingerprint density at radius 2 is 2.00 bits per heavy atom. The standard InChI is InChI=1S/C21H26N6O5/c1-25(2)9-8-13-14(20(30)26(3)4)6-5-7-17(13)32-27-16-11-22-12-23-19(16)24-15(21(27)31)10-18(28)29/h5-7,11-12,15H,8-10H2,1-4H3,(H,28,29)(H,22,23,24). The topological polar surface area (TPSA) is 128 Å². The van der Waals surface area contributed by atoms with Crippen molar-refractivity contribution in [2.75, 3.05) is 45.1 Å². The molecule has 0 aliphatic carbocycles. The molecule has 11 nitrogen and oxygen atoms in total. The van der Waals surface area contributed by atoms with Gasteiger partial charge in [0.2, 0.25) is 0 Å². The van der Waals surface area contributed by atoms with E-state index in [4.69, 9.17) is 4.84 Å². The summed E-state index contributed by atoms with van der Waals surface area (Å²) in [6.07, 6.45) is 2.74. The Morgan fingerprint density at radius 3 is 2.66 bits per heavy atom. The van der Waals surface area contributed by atoms with Crippen LogP contribution in [0.3, 0.4) is 0 Å². The van der Waals surface area contributed by atoms with E-state index in [2.05, 4.69) is 15.3 Å². The minimum atomic E-state index is -1.14. The minimum Gasteiger partial charge on any atom is -0.481 e. The predicted molar refractivity (Wildman–Crippen MR) is 117 cm³/mol. The average Bonchev–Trinajstić information content (AvgIpc) is 2.74. The van der Waals surface area contributed by atoms with Crippen molar-refractivity contribution in [1.29, 1.82) is 0 Å². The van der Waals surface area contributed by atoms with E-state index in [1.165, 1.54) is 17.4 Å². The van der Waals surface area contributed by atoms with E-state index in [-0.39, 0.29) is 17.4 Å². The van der Waals surface area contributed by atoms with Crippen molar-refractivity contribution in [2.45, 2.75) is 18.9 Å². The zero-order chi connectivity index (χ0) is 23.4. The molecule has 0 saturated heterocycles. The van der Waals surface area contributed by atoms with E-state index in [9.17, 15) is 19.5 Å². The number of carbonyl (C=O) groups excluding carboxylic acids is 2. The summed E-state index contributed by atoms with van der Waals surface area (Å²) in [4.78, 5) is 54.6. The summed E-state index contributed by atoms with van der Waals surface area (Å²) < 4.78 is 0.